The number of rotatable bonds is 3. The second-order valence-corrected chi connectivity index (χ2v) is 6.28. The summed E-state index contributed by atoms with van der Waals surface area (Å²) in [5.74, 6) is -3.10. The van der Waals surface area contributed by atoms with Crippen molar-refractivity contribution < 1.29 is 21.6 Å². The molecule has 0 aliphatic heterocycles. The highest BCUT2D eigenvalue weighted by molar-refractivity contribution is 8.13. The molecule has 90 valence electrons. The standard InChI is InChI=1S/C9H8ClF3O2S/c1-9(13,5-16(10,14)15)7-3-2-6(11)4-8(7)12/h2-4H,5H2,1H3. The van der Waals surface area contributed by atoms with Gasteiger partial charge in [0.1, 0.15) is 17.4 Å². The van der Waals surface area contributed by atoms with Gasteiger partial charge in [-0.3, -0.25) is 0 Å². The van der Waals surface area contributed by atoms with Gasteiger partial charge in [-0.25, -0.2) is 21.6 Å². The molecule has 0 aromatic heterocycles. The van der Waals surface area contributed by atoms with Crippen molar-refractivity contribution in [3.8, 4) is 0 Å². The molecule has 0 aliphatic carbocycles. The zero-order chi connectivity index (χ0) is 12.6. The molecule has 0 radical (unpaired) electrons. The third-order valence-electron chi connectivity index (χ3n) is 1.94. The van der Waals surface area contributed by atoms with Crippen molar-refractivity contribution in [2.45, 2.75) is 12.6 Å². The van der Waals surface area contributed by atoms with Crippen LogP contribution in [0.3, 0.4) is 0 Å². The summed E-state index contributed by atoms with van der Waals surface area (Å²) < 4.78 is 61.1. The zero-order valence-corrected chi connectivity index (χ0v) is 9.75. The van der Waals surface area contributed by atoms with E-state index in [1.54, 1.807) is 0 Å². The lowest BCUT2D eigenvalue weighted by Gasteiger charge is -2.19. The fraction of sp³-hybridized carbons (Fsp3) is 0.333. The van der Waals surface area contributed by atoms with Gasteiger partial charge in [-0.15, -0.1) is 0 Å². The smallest absolute Gasteiger partial charge is 0.236 e. The first-order valence-corrected chi connectivity index (χ1v) is 6.66. The van der Waals surface area contributed by atoms with Crippen LogP contribution in [0.15, 0.2) is 18.2 Å². The van der Waals surface area contributed by atoms with Crippen LogP contribution in [0.5, 0.6) is 0 Å². The molecule has 0 fully saturated rings. The van der Waals surface area contributed by atoms with Gasteiger partial charge in [0, 0.05) is 22.3 Å². The van der Waals surface area contributed by atoms with E-state index >= 15 is 0 Å². The molecule has 0 saturated carbocycles. The Bertz CT molecular complexity index is 499. The summed E-state index contributed by atoms with van der Waals surface area (Å²) in [6.07, 6.45) is 0. The fourth-order valence-corrected chi connectivity index (χ4v) is 2.73. The normalized spacial score (nSPS) is 15.8. The Morgan fingerprint density at radius 1 is 1.38 bits per heavy atom. The predicted octanol–water partition coefficient (Wildman–Crippen LogP) is 2.72. The molecule has 0 spiro atoms. The second kappa shape index (κ2) is 4.25. The minimum Gasteiger partial charge on any atom is -0.238 e. The molecule has 16 heavy (non-hydrogen) atoms. The van der Waals surface area contributed by atoms with Crippen molar-refractivity contribution in [2.75, 3.05) is 5.75 Å². The molecular formula is C9H8ClF3O2S. The Balaban J connectivity index is 3.17. The average molecular weight is 273 g/mol. The van der Waals surface area contributed by atoms with Gasteiger partial charge in [0.25, 0.3) is 0 Å². The average Bonchev–Trinajstić information content (AvgIpc) is 1.97. The predicted molar refractivity (Wildman–Crippen MR) is 54.5 cm³/mol. The molecule has 1 aromatic carbocycles. The Kier molecular flexibility index (Phi) is 3.54. The van der Waals surface area contributed by atoms with Crippen molar-refractivity contribution in [3.05, 3.63) is 35.4 Å². The topological polar surface area (TPSA) is 34.1 Å². The Labute approximate surface area is 95.5 Å². The molecular weight excluding hydrogens is 265 g/mol. The SMILES string of the molecule is CC(F)(CS(=O)(=O)Cl)c1ccc(F)cc1F. The van der Waals surface area contributed by atoms with E-state index in [1.165, 1.54) is 0 Å². The summed E-state index contributed by atoms with van der Waals surface area (Å²) >= 11 is 0. The van der Waals surface area contributed by atoms with E-state index in [4.69, 9.17) is 10.7 Å². The van der Waals surface area contributed by atoms with E-state index in [9.17, 15) is 21.6 Å². The van der Waals surface area contributed by atoms with E-state index < -0.39 is 37.7 Å². The van der Waals surface area contributed by atoms with E-state index in [1.807, 2.05) is 0 Å². The largest absolute Gasteiger partial charge is 0.238 e. The summed E-state index contributed by atoms with van der Waals surface area (Å²) in [6.45, 7) is 0.864. The van der Waals surface area contributed by atoms with Gasteiger partial charge in [-0.1, -0.05) is 0 Å². The third kappa shape index (κ3) is 3.38. The van der Waals surface area contributed by atoms with Crippen LogP contribution in [0.4, 0.5) is 13.2 Å². The van der Waals surface area contributed by atoms with Gasteiger partial charge in [0.05, 0.1) is 0 Å². The van der Waals surface area contributed by atoms with Gasteiger partial charge in [0.2, 0.25) is 9.05 Å². The lowest BCUT2D eigenvalue weighted by molar-refractivity contribution is 0.217. The Morgan fingerprint density at radius 3 is 2.38 bits per heavy atom. The van der Waals surface area contributed by atoms with Gasteiger partial charge in [0.15, 0.2) is 5.67 Å². The number of halogens is 4. The second-order valence-electron chi connectivity index (χ2n) is 3.50. The van der Waals surface area contributed by atoms with Crippen LogP contribution in [0.2, 0.25) is 0 Å². The van der Waals surface area contributed by atoms with Gasteiger partial charge in [-0.2, -0.15) is 0 Å². The Morgan fingerprint density at radius 2 is 1.94 bits per heavy atom. The molecule has 0 heterocycles. The minimum atomic E-state index is -4.12. The maximum absolute atomic E-state index is 13.9. The molecule has 0 aliphatic rings. The van der Waals surface area contributed by atoms with Crippen molar-refractivity contribution in [3.63, 3.8) is 0 Å². The first kappa shape index (κ1) is 13.3. The molecule has 2 nitrogen and oxygen atoms in total. The van der Waals surface area contributed by atoms with Crippen LogP contribution in [0.1, 0.15) is 12.5 Å². The molecule has 1 rings (SSSR count). The van der Waals surface area contributed by atoms with Crippen molar-refractivity contribution in [1.29, 1.82) is 0 Å². The Hall–Kier alpha value is -0.750. The fourth-order valence-electron chi connectivity index (χ4n) is 1.31. The maximum Gasteiger partial charge on any atom is 0.236 e. The molecule has 1 atom stereocenters. The molecule has 1 aromatic rings. The number of benzene rings is 1. The van der Waals surface area contributed by atoms with E-state index in [-0.39, 0.29) is 0 Å². The van der Waals surface area contributed by atoms with Gasteiger partial charge < -0.3 is 0 Å². The lowest BCUT2D eigenvalue weighted by atomic mass is 9.99. The maximum atomic E-state index is 13.9. The molecule has 0 bridgehead atoms. The van der Waals surface area contributed by atoms with E-state index in [0.717, 1.165) is 19.1 Å². The summed E-state index contributed by atoms with van der Waals surface area (Å²) in [6, 6.07) is 2.18. The summed E-state index contributed by atoms with van der Waals surface area (Å²) in [4.78, 5) is 0. The number of hydrogen-bond donors (Lipinski definition) is 0. The zero-order valence-electron chi connectivity index (χ0n) is 8.18. The number of alkyl halides is 1. The highest BCUT2D eigenvalue weighted by atomic mass is 35.7. The van der Waals surface area contributed by atoms with Crippen LogP contribution < -0.4 is 0 Å². The van der Waals surface area contributed by atoms with Crippen molar-refractivity contribution in [2.24, 2.45) is 0 Å². The van der Waals surface area contributed by atoms with Gasteiger partial charge in [-0.05, 0) is 19.1 Å². The first-order chi connectivity index (χ1) is 7.12. The van der Waals surface area contributed by atoms with Crippen LogP contribution in [-0.2, 0) is 14.7 Å². The highest BCUT2D eigenvalue weighted by Gasteiger charge is 2.34. The summed E-state index contributed by atoms with van der Waals surface area (Å²) in [7, 11) is 0.767. The molecule has 1 unspecified atom stereocenters. The highest BCUT2D eigenvalue weighted by Crippen LogP contribution is 2.30. The first-order valence-electron chi connectivity index (χ1n) is 4.18. The summed E-state index contributed by atoms with van der Waals surface area (Å²) in [5.41, 5.74) is -3.05. The van der Waals surface area contributed by atoms with Crippen LogP contribution in [0, 0.1) is 11.6 Å². The van der Waals surface area contributed by atoms with Crippen LogP contribution in [0.25, 0.3) is 0 Å². The molecule has 0 saturated heterocycles. The number of hydrogen-bond acceptors (Lipinski definition) is 2. The third-order valence-corrected chi connectivity index (χ3v) is 3.15. The monoisotopic (exact) mass is 272 g/mol. The van der Waals surface area contributed by atoms with E-state index in [0.29, 0.717) is 6.07 Å². The van der Waals surface area contributed by atoms with Gasteiger partial charge >= 0.3 is 0 Å². The summed E-state index contributed by atoms with van der Waals surface area (Å²) in [5, 5.41) is 0. The van der Waals surface area contributed by atoms with E-state index in [2.05, 4.69) is 0 Å². The van der Waals surface area contributed by atoms with Crippen LogP contribution in [-0.4, -0.2) is 14.2 Å². The molecule has 7 heteroatoms. The quantitative estimate of drug-likeness (QED) is 0.793. The molecule has 0 N–H and O–H groups in total. The van der Waals surface area contributed by atoms with Crippen LogP contribution >= 0.6 is 10.7 Å². The minimum absolute atomic E-state index is 0.480. The lowest BCUT2D eigenvalue weighted by Crippen LogP contribution is -2.25. The van der Waals surface area contributed by atoms with Crippen molar-refractivity contribution in [1.82, 2.24) is 0 Å². The molecule has 0 amide bonds. The van der Waals surface area contributed by atoms with Crippen molar-refractivity contribution >= 4 is 19.7 Å².